The molecule has 0 bridgehead atoms. The predicted molar refractivity (Wildman–Crippen MR) is 83.1 cm³/mol. The van der Waals surface area contributed by atoms with Gasteiger partial charge in [-0.2, -0.15) is 0 Å². The van der Waals surface area contributed by atoms with E-state index in [1.165, 1.54) is 18.5 Å². The zero-order chi connectivity index (χ0) is 13.9. The number of halogens is 1. The predicted octanol–water partition coefficient (Wildman–Crippen LogP) is 3.52. The Morgan fingerprint density at radius 3 is 2.80 bits per heavy atom. The fraction of sp³-hybridized carbons (Fsp3) is 0.733. The molecule has 1 unspecified atom stereocenters. The van der Waals surface area contributed by atoms with Gasteiger partial charge in [0.15, 0.2) is 0 Å². The van der Waals surface area contributed by atoms with Crippen LogP contribution < -0.4 is 5.32 Å². The number of nitrogens with one attached hydrogen (secondary N) is 1. The van der Waals surface area contributed by atoms with Crippen molar-refractivity contribution in [3.05, 3.63) is 16.0 Å². The molecular weight excluding hydrogens is 318 g/mol. The highest BCUT2D eigenvalue weighted by molar-refractivity contribution is 9.10. The largest absolute Gasteiger partial charge is 0.381 e. The summed E-state index contributed by atoms with van der Waals surface area (Å²) in [7, 11) is 0. The van der Waals surface area contributed by atoms with E-state index in [1.807, 2.05) is 0 Å². The maximum atomic E-state index is 5.46. The standard InChI is InChI=1S/C15H22BrN3O/c1-2-6-17-15-13(16)14(11-3-4-11)18-12(19-15)8-10-5-7-20-9-10/h10-11H,2-9H2,1H3,(H,17,18,19). The van der Waals surface area contributed by atoms with Crippen molar-refractivity contribution in [3.8, 4) is 0 Å². The second-order valence-corrected chi connectivity index (χ2v) is 6.62. The summed E-state index contributed by atoms with van der Waals surface area (Å²) in [4.78, 5) is 9.53. The van der Waals surface area contributed by atoms with E-state index in [4.69, 9.17) is 14.7 Å². The van der Waals surface area contributed by atoms with Crippen LogP contribution in [0.3, 0.4) is 0 Å². The van der Waals surface area contributed by atoms with Crippen molar-refractivity contribution < 1.29 is 4.74 Å². The summed E-state index contributed by atoms with van der Waals surface area (Å²) in [6.45, 7) is 4.86. The summed E-state index contributed by atoms with van der Waals surface area (Å²) < 4.78 is 6.53. The molecule has 20 heavy (non-hydrogen) atoms. The highest BCUT2D eigenvalue weighted by atomic mass is 79.9. The molecule has 1 saturated carbocycles. The fourth-order valence-electron chi connectivity index (χ4n) is 2.59. The van der Waals surface area contributed by atoms with Crippen LogP contribution in [0.25, 0.3) is 0 Å². The lowest BCUT2D eigenvalue weighted by molar-refractivity contribution is 0.185. The molecule has 1 atom stereocenters. The molecular formula is C15H22BrN3O. The molecule has 1 aromatic heterocycles. The Morgan fingerprint density at radius 1 is 1.30 bits per heavy atom. The number of hydrogen-bond donors (Lipinski definition) is 1. The molecule has 2 aliphatic rings. The summed E-state index contributed by atoms with van der Waals surface area (Å²) in [5.74, 6) is 3.16. The first-order valence-corrected chi connectivity index (χ1v) is 8.45. The van der Waals surface area contributed by atoms with Crippen molar-refractivity contribution in [1.29, 1.82) is 0 Å². The van der Waals surface area contributed by atoms with Crippen LogP contribution in [0.15, 0.2) is 4.47 Å². The van der Waals surface area contributed by atoms with E-state index in [2.05, 4.69) is 28.2 Å². The average molecular weight is 340 g/mol. The van der Waals surface area contributed by atoms with Crippen LogP contribution in [-0.4, -0.2) is 29.7 Å². The molecule has 1 aliphatic heterocycles. The Bertz CT molecular complexity index is 470. The van der Waals surface area contributed by atoms with E-state index in [0.717, 1.165) is 55.1 Å². The minimum Gasteiger partial charge on any atom is -0.381 e. The minimum absolute atomic E-state index is 0.585. The third-order valence-corrected chi connectivity index (χ3v) is 4.71. The van der Waals surface area contributed by atoms with Crippen molar-refractivity contribution >= 4 is 21.7 Å². The Morgan fingerprint density at radius 2 is 2.15 bits per heavy atom. The van der Waals surface area contributed by atoms with Gasteiger partial charge in [0, 0.05) is 32.1 Å². The van der Waals surface area contributed by atoms with E-state index >= 15 is 0 Å². The third kappa shape index (κ3) is 3.31. The minimum atomic E-state index is 0.585. The van der Waals surface area contributed by atoms with Crippen molar-refractivity contribution in [2.75, 3.05) is 25.1 Å². The lowest BCUT2D eigenvalue weighted by atomic mass is 10.0. The molecule has 110 valence electrons. The fourth-order valence-corrected chi connectivity index (χ4v) is 3.24. The quantitative estimate of drug-likeness (QED) is 0.861. The molecule has 3 rings (SSSR count). The molecule has 2 heterocycles. The Kier molecular flexibility index (Phi) is 4.56. The molecule has 1 aromatic rings. The van der Waals surface area contributed by atoms with Gasteiger partial charge in [0.1, 0.15) is 11.6 Å². The number of anilines is 1. The Hall–Kier alpha value is -0.680. The van der Waals surface area contributed by atoms with Gasteiger partial charge in [-0.25, -0.2) is 9.97 Å². The Balaban J connectivity index is 1.82. The van der Waals surface area contributed by atoms with Crippen molar-refractivity contribution in [1.82, 2.24) is 9.97 Å². The van der Waals surface area contributed by atoms with Gasteiger partial charge in [-0.05, 0) is 47.5 Å². The van der Waals surface area contributed by atoms with Crippen LogP contribution in [0.4, 0.5) is 5.82 Å². The van der Waals surface area contributed by atoms with Crippen molar-refractivity contribution in [3.63, 3.8) is 0 Å². The van der Waals surface area contributed by atoms with E-state index in [1.54, 1.807) is 0 Å². The summed E-state index contributed by atoms with van der Waals surface area (Å²) in [5.41, 5.74) is 1.20. The highest BCUT2D eigenvalue weighted by Crippen LogP contribution is 2.44. The molecule has 0 amide bonds. The monoisotopic (exact) mass is 339 g/mol. The molecule has 1 saturated heterocycles. The van der Waals surface area contributed by atoms with E-state index in [9.17, 15) is 0 Å². The molecule has 2 fully saturated rings. The van der Waals surface area contributed by atoms with Crippen LogP contribution in [0.1, 0.15) is 50.0 Å². The molecule has 5 heteroatoms. The van der Waals surface area contributed by atoms with Gasteiger partial charge in [0.25, 0.3) is 0 Å². The Labute approximate surface area is 128 Å². The second kappa shape index (κ2) is 6.39. The number of rotatable bonds is 6. The molecule has 0 aromatic carbocycles. The summed E-state index contributed by atoms with van der Waals surface area (Å²) >= 11 is 3.69. The first-order chi connectivity index (χ1) is 9.78. The van der Waals surface area contributed by atoms with Gasteiger partial charge >= 0.3 is 0 Å². The van der Waals surface area contributed by atoms with Gasteiger partial charge in [-0.1, -0.05) is 6.92 Å². The van der Waals surface area contributed by atoms with Crippen molar-refractivity contribution in [2.45, 2.75) is 44.9 Å². The van der Waals surface area contributed by atoms with Crippen LogP contribution in [-0.2, 0) is 11.2 Å². The number of nitrogens with zero attached hydrogens (tertiary/aromatic N) is 2. The molecule has 0 radical (unpaired) electrons. The normalized spacial score (nSPS) is 22.2. The first kappa shape index (κ1) is 14.3. The summed E-state index contributed by atoms with van der Waals surface area (Å²) in [6, 6.07) is 0. The molecule has 1 N–H and O–H groups in total. The van der Waals surface area contributed by atoms with Crippen LogP contribution in [0.2, 0.25) is 0 Å². The lowest BCUT2D eigenvalue weighted by Gasteiger charge is -2.14. The average Bonchev–Trinajstić information content (AvgIpc) is 3.17. The molecule has 1 aliphatic carbocycles. The van der Waals surface area contributed by atoms with E-state index in [0.29, 0.717) is 11.8 Å². The van der Waals surface area contributed by atoms with E-state index < -0.39 is 0 Å². The first-order valence-electron chi connectivity index (χ1n) is 7.65. The van der Waals surface area contributed by atoms with E-state index in [-0.39, 0.29) is 0 Å². The molecule has 4 nitrogen and oxygen atoms in total. The van der Waals surface area contributed by atoms with Gasteiger partial charge in [-0.3, -0.25) is 0 Å². The summed E-state index contributed by atoms with van der Waals surface area (Å²) in [5, 5.41) is 3.42. The van der Waals surface area contributed by atoms with Gasteiger partial charge in [0.2, 0.25) is 0 Å². The van der Waals surface area contributed by atoms with Crippen LogP contribution in [0.5, 0.6) is 0 Å². The number of hydrogen-bond acceptors (Lipinski definition) is 4. The second-order valence-electron chi connectivity index (χ2n) is 5.82. The smallest absolute Gasteiger partial charge is 0.144 e. The van der Waals surface area contributed by atoms with Crippen LogP contribution >= 0.6 is 15.9 Å². The van der Waals surface area contributed by atoms with Crippen molar-refractivity contribution in [2.24, 2.45) is 5.92 Å². The zero-order valence-electron chi connectivity index (χ0n) is 12.0. The number of ether oxygens (including phenoxy) is 1. The zero-order valence-corrected chi connectivity index (χ0v) is 13.6. The number of aromatic nitrogens is 2. The molecule has 0 spiro atoms. The topological polar surface area (TPSA) is 47.0 Å². The van der Waals surface area contributed by atoms with Gasteiger partial charge in [-0.15, -0.1) is 0 Å². The van der Waals surface area contributed by atoms with Gasteiger partial charge < -0.3 is 10.1 Å². The maximum Gasteiger partial charge on any atom is 0.144 e. The van der Waals surface area contributed by atoms with Crippen LogP contribution in [0, 0.1) is 5.92 Å². The SMILES string of the molecule is CCCNc1nc(CC2CCOC2)nc(C2CC2)c1Br. The maximum absolute atomic E-state index is 5.46. The lowest BCUT2D eigenvalue weighted by Crippen LogP contribution is -2.12. The van der Waals surface area contributed by atoms with Gasteiger partial charge in [0.05, 0.1) is 10.2 Å². The summed E-state index contributed by atoms with van der Waals surface area (Å²) in [6.07, 6.45) is 5.69. The third-order valence-electron chi connectivity index (χ3n) is 3.92. The highest BCUT2D eigenvalue weighted by Gasteiger charge is 2.30.